The first kappa shape index (κ1) is 11.9. The average Bonchev–Trinajstić information content (AvgIpc) is 2.42. The van der Waals surface area contributed by atoms with E-state index < -0.39 is 12.3 Å². The van der Waals surface area contributed by atoms with E-state index in [1.165, 1.54) is 11.8 Å². The van der Waals surface area contributed by atoms with Crippen LogP contribution >= 0.6 is 0 Å². The first-order valence-corrected chi connectivity index (χ1v) is 4.58. The molecule has 86 valence electrons. The third-order valence-electron chi connectivity index (χ3n) is 2.34. The van der Waals surface area contributed by atoms with E-state index in [0.717, 1.165) is 0 Å². The van der Waals surface area contributed by atoms with Gasteiger partial charge in [0.15, 0.2) is 0 Å². The Morgan fingerprint density at radius 1 is 1.53 bits per heavy atom. The van der Waals surface area contributed by atoms with Crippen LogP contribution in [0.2, 0.25) is 0 Å². The predicted molar refractivity (Wildman–Crippen MR) is 52.3 cm³/mol. The summed E-state index contributed by atoms with van der Waals surface area (Å²) in [6.07, 6.45) is -2.51. The molecule has 1 aromatic heterocycles. The third-order valence-corrected chi connectivity index (χ3v) is 2.34. The zero-order valence-electron chi connectivity index (χ0n) is 9.00. The fraction of sp³-hybridized carbons (Fsp3) is 0.667. The molecule has 0 radical (unpaired) electrons. The Bertz CT molecular complexity index is 338. The number of aromatic nitrogens is 2. The maximum Gasteiger partial charge on any atom is 0.246 e. The molecule has 0 amide bonds. The van der Waals surface area contributed by atoms with E-state index in [0.29, 0.717) is 17.1 Å². The Hall–Kier alpha value is -1.17. The maximum absolute atomic E-state index is 12.7. The predicted octanol–water partition coefficient (Wildman–Crippen LogP) is 1.04. The van der Waals surface area contributed by atoms with E-state index in [1.807, 2.05) is 0 Å². The Balaban J connectivity index is 3.21. The van der Waals surface area contributed by atoms with E-state index in [1.54, 1.807) is 14.0 Å². The van der Waals surface area contributed by atoms with Gasteiger partial charge in [-0.2, -0.15) is 5.10 Å². The number of halogens is 2. The highest BCUT2D eigenvalue weighted by molar-refractivity contribution is 5.35. The number of aryl methyl sites for hydroxylation is 2. The molecule has 1 aromatic rings. The number of ether oxygens (including phenoxy) is 1. The van der Waals surface area contributed by atoms with Crippen molar-refractivity contribution < 1.29 is 13.5 Å². The zero-order valence-corrected chi connectivity index (χ0v) is 9.00. The van der Waals surface area contributed by atoms with E-state index in [-0.39, 0.29) is 6.54 Å². The standard InChI is InChI=1S/C9H15F2N3O/c1-5-7(6(4-12)8(10)11)9(15-3)14(2)13-5/h6,8H,4,12H2,1-3H3. The van der Waals surface area contributed by atoms with Crippen LogP contribution in [-0.2, 0) is 7.05 Å². The van der Waals surface area contributed by atoms with Crippen molar-refractivity contribution in [3.8, 4) is 5.88 Å². The van der Waals surface area contributed by atoms with Gasteiger partial charge in [-0.1, -0.05) is 0 Å². The van der Waals surface area contributed by atoms with Crippen molar-refractivity contribution in [2.24, 2.45) is 12.8 Å². The molecule has 0 saturated heterocycles. The van der Waals surface area contributed by atoms with Crippen LogP contribution in [-0.4, -0.2) is 29.9 Å². The normalized spacial score (nSPS) is 13.3. The van der Waals surface area contributed by atoms with Crippen LogP contribution < -0.4 is 10.5 Å². The van der Waals surface area contributed by atoms with Crippen LogP contribution in [0.25, 0.3) is 0 Å². The van der Waals surface area contributed by atoms with Crippen LogP contribution in [0.3, 0.4) is 0 Å². The summed E-state index contributed by atoms with van der Waals surface area (Å²) in [7, 11) is 3.08. The maximum atomic E-state index is 12.7. The molecule has 1 unspecified atom stereocenters. The molecule has 1 atom stereocenters. The van der Waals surface area contributed by atoms with Gasteiger partial charge in [-0.3, -0.25) is 0 Å². The second-order valence-corrected chi connectivity index (χ2v) is 3.31. The van der Waals surface area contributed by atoms with E-state index in [9.17, 15) is 8.78 Å². The fourth-order valence-electron chi connectivity index (χ4n) is 1.67. The molecule has 0 aliphatic heterocycles. The Morgan fingerprint density at radius 3 is 2.53 bits per heavy atom. The topological polar surface area (TPSA) is 53.1 Å². The molecule has 15 heavy (non-hydrogen) atoms. The second kappa shape index (κ2) is 4.57. The minimum atomic E-state index is -2.51. The number of nitrogens with zero attached hydrogens (tertiary/aromatic N) is 2. The summed E-state index contributed by atoms with van der Waals surface area (Å²) in [6.45, 7) is 1.55. The minimum absolute atomic E-state index is 0.124. The monoisotopic (exact) mass is 219 g/mol. The highest BCUT2D eigenvalue weighted by Crippen LogP contribution is 2.32. The summed E-state index contributed by atoms with van der Waals surface area (Å²) in [4.78, 5) is 0. The summed E-state index contributed by atoms with van der Waals surface area (Å²) >= 11 is 0. The lowest BCUT2D eigenvalue weighted by atomic mass is 10.0. The van der Waals surface area contributed by atoms with E-state index in [4.69, 9.17) is 10.5 Å². The summed E-state index contributed by atoms with van der Waals surface area (Å²) in [5.74, 6) is -0.670. The van der Waals surface area contributed by atoms with Crippen LogP contribution in [0, 0.1) is 6.92 Å². The van der Waals surface area contributed by atoms with Crippen molar-refractivity contribution >= 4 is 0 Å². The molecule has 0 saturated carbocycles. The second-order valence-electron chi connectivity index (χ2n) is 3.31. The summed E-state index contributed by atoms with van der Waals surface area (Å²) in [6, 6.07) is 0. The van der Waals surface area contributed by atoms with Crippen LogP contribution in [0.1, 0.15) is 17.2 Å². The van der Waals surface area contributed by atoms with Crippen molar-refractivity contribution in [3.63, 3.8) is 0 Å². The molecule has 0 aromatic carbocycles. The SMILES string of the molecule is COc1c(C(CN)C(F)F)c(C)nn1C. The average molecular weight is 219 g/mol. The molecule has 0 aliphatic carbocycles. The molecule has 6 heteroatoms. The van der Waals surface area contributed by atoms with Crippen molar-refractivity contribution in [2.45, 2.75) is 19.3 Å². The van der Waals surface area contributed by atoms with E-state index >= 15 is 0 Å². The third kappa shape index (κ3) is 2.09. The lowest BCUT2D eigenvalue weighted by Crippen LogP contribution is -2.20. The molecule has 0 bridgehead atoms. The van der Waals surface area contributed by atoms with Crippen LogP contribution in [0.4, 0.5) is 8.78 Å². The summed E-state index contributed by atoms with van der Waals surface area (Å²) in [5.41, 5.74) is 6.27. The molecule has 1 rings (SSSR count). The van der Waals surface area contributed by atoms with E-state index in [2.05, 4.69) is 5.10 Å². The van der Waals surface area contributed by atoms with Crippen LogP contribution in [0.5, 0.6) is 5.88 Å². The highest BCUT2D eigenvalue weighted by atomic mass is 19.3. The quantitative estimate of drug-likeness (QED) is 0.823. The zero-order chi connectivity index (χ0) is 11.6. The molecule has 2 N–H and O–H groups in total. The fourth-order valence-corrected chi connectivity index (χ4v) is 1.67. The van der Waals surface area contributed by atoms with Gasteiger partial charge in [0.2, 0.25) is 12.3 Å². The van der Waals surface area contributed by atoms with Crippen molar-refractivity contribution in [1.82, 2.24) is 9.78 Å². The Labute approximate surface area is 87.0 Å². The van der Waals surface area contributed by atoms with Crippen molar-refractivity contribution in [3.05, 3.63) is 11.3 Å². The van der Waals surface area contributed by atoms with Gasteiger partial charge in [-0.25, -0.2) is 13.5 Å². The van der Waals surface area contributed by atoms with Gasteiger partial charge < -0.3 is 10.5 Å². The molecular weight excluding hydrogens is 204 g/mol. The minimum Gasteiger partial charge on any atom is -0.481 e. The van der Waals surface area contributed by atoms with Gasteiger partial charge in [-0.15, -0.1) is 0 Å². The largest absolute Gasteiger partial charge is 0.481 e. The first-order chi connectivity index (χ1) is 7.02. The number of alkyl halides is 2. The molecule has 1 heterocycles. The Kier molecular flexibility index (Phi) is 3.62. The molecule has 0 fully saturated rings. The first-order valence-electron chi connectivity index (χ1n) is 4.58. The lowest BCUT2D eigenvalue weighted by molar-refractivity contribution is 0.115. The van der Waals surface area contributed by atoms with Gasteiger partial charge >= 0.3 is 0 Å². The molecular formula is C9H15F2N3O. The number of methoxy groups -OCH3 is 1. The van der Waals surface area contributed by atoms with Gasteiger partial charge in [0.1, 0.15) is 0 Å². The molecule has 0 spiro atoms. The number of nitrogens with two attached hydrogens (primary N) is 1. The summed E-state index contributed by atoms with van der Waals surface area (Å²) in [5, 5.41) is 4.04. The molecule has 4 nitrogen and oxygen atoms in total. The van der Waals surface area contributed by atoms with Gasteiger partial charge in [-0.05, 0) is 6.92 Å². The van der Waals surface area contributed by atoms with Gasteiger partial charge in [0, 0.05) is 19.2 Å². The van der Waals surface area contributed by atoms with Crippen molar-refractivity contribution in [2.75, 3.05) is 13.7 Å². The smallest absolute Gasteiger partial charge is 0.246 e. The van der Waals surface area contributed by atoms with Gasteiger partial charge in [0.05, 0.1) is 18.7 Å². The number of rotatable bonds is 4. The lowest BCUT2D eigenvalue weighted by Gasteiger charge is -2.14. The van der Waals surface area contributed by atoms with Crippen LogP contribution in [0.15, 0.2) is 0 Å². The Morgan fingerprint density at radius 2 is 2.13 bits per heavy atom. The molecule has 0 aliphatic rings. The highest BCUT2D eigenvalue weighted by Gasteiger charge is 2.29. The van der Waals surface area contributed by atoms with Crippen molar-refractivity contribution in [1.29, 1.82) is 0 Å². The van der Waals surface area contributed by atoms with Gasteiger partial charge in [0.25, 0.3) is 0 Å². The number of hydrogen-bond donors (Lipinski definition) is 1. The summed E-state index contributed by atoms with van der Waals surface area (Å²) < 4.78 is 31.9. The number of hydrogen-bond acceptors (Lipinski definition) is 3.